The molecule has 9 heteroatoms. The van der Waals surface area contributed by atoms with E-state index in [2.05, 4.69) is 39.7 Å². The van der Waals surface area contributed by atoms with E-state index < -0.39 is 0 Å². The molecule has 0 amide bonds. The molecule has 2 heterocycles. The quantitative estimate of drug-likeness (QED) is 0.307. The Balaban J connectivity index is 1.64. The van der Waals surface area contributed by atoms with Crippen LogP contribution in [0.2, 0.25) is 0 Å². The van der Waals surface area contributed by atoms with E-state index in [-0.39, 0.29) is 6.10 Å². The number of hydrogen-bond acceptors (Lipinski definition) is 8. The molecule has 35 heavy (non-hydrogen) atoms. The van der Waals surface area contributed by atoms with E-state index in [1.165, 1.54) is 6.21 Å². The van der Waals surface area contributed by atoms with Crippen molar-refractivity contribution in [3.8, 4) is 11.8 Å². The average Bonchev–Trinajstić information content (AvgIpc) is 3.40. The first-order valence-corrected chi connectivity index (χ1v) is 11.0. The maximum Gasteiger partial charge on any atom is 0.137 e. The van der Waals surface area contributed by atoms with Crippen molar-refractivity contribution >= 4 is 17.6 Å². The smallest absolute Gasteiger partial charge is 0.137 e. The van der Waals surface area contributed by atoms with Crippen LogP contribution in [0.25, 0.3) is 11.4 Å². The predicted molar refractivity (Wildman–Crippen MR) is 138 cm³/mol. The molecule has 6 N–H and O–H groups in total. The Morgan fingerprint density at radius 2 is 2.06 bits per heavy atom. The molecule has 1 aromatic carbocycles. The van der Waals surface area contributed by atoms with Crippen LogP contribution in [0.15, 0.2) is 84.6 Å². The third-order valence-corrected chi connectivity index (χ3v) is 5.11. The summed E-state index contributed by atoms with van der Waals surface area (Å²) in [6, 6.07) is 7.47. The largest absolute Gasteiger partial charge is 0.489 e. The summed E-state index contributed by atoms with van der Waals surface area (Å²) in [6.45, 7) is 8.94. The molecule has 1 aromatic heterocycles. The molecule has 180 valence electrons. The number of ether oxygens (including phenoxy) is 2. The number of hydrogen-bond donors (Lipinski definition) is 4. The van der Waals surface area contributed by atoms with E-state index in [4.69, 9.17) is 20.9 Å². The van der Waals surface area contributed by atoms with Gasteiger partial charge in [-0.05, 0) is 42.0 Å². The molecular formula is C26H29N7O2. The SMILES string of the molecule is C=C/C=C(\C=C(/N)c1cn[nH]c1)NC(=C)/N=C\C=C(/N)c1ccc(OC2CCOCC2)c(C#N)c1. The van der Waals surface area contributed by atoms with Crippen molar-refractivity contribution in [1.82, 2.24) is 15.5 Å². The van der Waals surface area contributed by atoms with Gasteiger partial charge in [-0.15, -0.1) is 0 Å². The van der Waals surface area contributed by atoms with E-state index in [1.807, 2.05) is 6.07 Å². The highest BCUT2D eigenvalue weighted by Crippen LogP contribution is 2.25. The average molecular weight is 472 g/mol. The van der Waals surface area contributed by atoms with Gasteiger partial charge in [-0.1, -0.05) is 19.2 Å². The second-order valence-electron chi connectivity index (χ2n) is 7.67. The van der Waals surface area contributed by atoms with Gasteiger partial charge in [-0.25, -0.2) is 4.99 Å². The highest BCUT2D eigenvalue weighted by Gasteiger charge is 2.17. The summed E-state index contributed by atoms with van der Waals surface area (Å²) < 4.78 is 11.3. The summed E-state index contributed by atoms with van der Waals surface area (Å²) in [4.78, 5) is 4.27. The van der Waals surface area contributed by atoms with Gasteiger partial charge in [-0.3, -0.25) is 5.10 Å². The van der Waals surface area contributed by atoms with Gasteiger partial charge in [0.05, 0.1) is 25.0 Å². The molecule has 1 aliphatic rings. The van der Waals surface area contributed by atoms with Crippen molar-refractivity contribution in [2.45, 2.75) is 18.9 Å². The highest BCUT2D eigenvalue weighted by atomic mass is 16.5. The Morgan fingerprint density at radius 3 is 2.74 bits per heavy atom. The molecule has 0 spiro atoms. The summed E-state index contributed by atoms with van der Waals surface area (Å²) in [5, 5.41) is 19.2. The Kier molecular flexibility index (Phi) is 9.05. The number of nitrogens with zero attached hydrogens (tertiary/aromatic N) is 3. The lowest BCUT2D eigenvalue weighted by atomic mass is 10.1. The minimum atomic E-state index is 0.0464. The molecular weight excluding hydrogens is 442 g/mol. The third kappa shape index (κ3) is 7.48. The van der Waals surface area contributed by atoms with E-state index in [9.17, 15) is 5.26 Å². The number of nitrogens with one attached hydrogen (secondary N) is 2. The predicted octanol–water partition coefficient (Wildman–Crippen LogP) is 3.34. The van der Waals surface area contributed by atoms with Gasteiger partial charge in [0, 0.05) is 47.9 Å². The van der Waals surface area contributed by atoms with Crippen molar-refractivity contribution < 1.29 is 9.47 Å². The number of aromatic nitrogens is 2. The lowest BCUT2D eigenvalue weighted by Gasteiger charge is -2.23. The molecule has 2 aromatic rings. The maximum absolute atomic E-state index is 9.56. The molecule has 1 saturated heterocycles. The van der Waals surface area contributed by atoms with Crippen molar-refractivity contribution in [3.05, 3.63) is 96.3 Å². The summed E-state index contributed by atoms with van der Waals surface area (Å²) >= 11 is 0. The number of aromatic amines is 1. The van der Waals surface area contributed by atoms with E-state index in [0.717, 1.165) is 18.4 Å². The topological polar surface area (TPSA) is 147 Å². The molecule has 3 rings (SSSR count). The summed E-state index contributed by atoms with van der Waals surface area (Å²) in [5.74, 6) is 0.919. The fraction of sp³-hybridized carbons (Fsp3) is 0.192. The zero-order valence-corrected chi connectivity index (χ0v) is 19.4. The molecule has 9 nitrogen and oxygen atoms in total. The van der Waals surface area contributed by atoms with Crippen molar-refractivity contribution in [1.29, 1.82) is 5.26 Å². The number of rotatable bonds is 10. The van der Waals surface area contributed by atoms with Crippen LogP contribution >= 0.6 is 0 Å². The van der Waals surface area contributed by atoms with Crippen LogP contribution in [0.1, 0.15) is 29.5 Å². The number of H-pyrrole nitrogens is 1. The normalized spacial score (nSPS) is 15.6. The zero-order valence-electron chi connectivity index (χ0n) is 19.4. The summed E-state index contributed by atoms with van der Waals surface area (Å²) in [6.07, 6.45) is 13.2. The van der Waals surface area contributed by atoms with Gasteiger partial charge in [0.1, 0.15) is 23.7 Å². The van der Waals surface area contributed by atoms with Crippen molar-refractivity contribution in [3.63, 3.8) is 0 Å². The minimum Gasteiger partial charge on any atom is -0.489 e. The Bertz CT molecular complexity index is 1190. The monoisotopic (exact) mass is 471 g/mol. The van der Waals surface area contributed by atoms with Crippen molar-refractivity contribution in [2.24, 2.45) is 16.5 Å². The first-order valence-electron chi connectivity index (χ1n) is 11.0. The fourth-order valence-corrected chi connectivity index (χ4v) is 3.29. The van der Waals surface area contributed by atoms with E-state index in [0.29, 0.717) is 53.0 Å². The van der Waals surface area contributed by atoms with E-state index in [1.54, 1.807) is 48.8 Å². The van der Waals surface area contributed by atoms with Gasteiger partial charge in [0.15, 0.2) is 0 Å². The number of nitriles is 1. The standard InChI is InChI=1S/C26H29N7O2/c1-3-4-22(14-25(29)21-16-31-32-17-21)33-18(2)30-10-7-24(28)19-5-6-26(20(13-19)15-27)35-23-8-11-34-12-9-23/h3-7,10,13-14,16-17,23,33H,1-2,8-9,11-12,28-29H2,(H,31,32)/b22-4+,24-7-,25-14-,30-10-. The van der Waals surface area contributed by atoms with Crippen LogP contribution in [0.4, 0.5) is 0 Å². The van der Waals surface area contributed by atoms with Crippen molar-refractivity contribution in [2.75, 3.05) is 13.2 Å². The molecule has 0 saturated carbocycles. The minimum absolute atomic E-state index is 0.0464. The van der Waals surface area contributed by atoms with Gasteiger partial charge in [-0.2, -0.15) is 10.4 Å². The number of nitrogens with two attached hydrogens (primary N) is 2. The summed E-state index contributed by atoms with van der Waals surface area (Å²) in [5.41, 5.74) is 15.8. The number of aliphatic imine (C=N–C) groups is 1. The maximum atomic E-state index is 9.56. The molecule has 0 unspecified atom stereocenters. The van der Waals surface area contributed by atoms with E-state index >= 15 is 0 Å². The first kappa shape index (κ1) is 25.1. The van der Waals surface area contributed by atoms with Gasteiger partial charge in [0.25, 0.3) is 0 Å². The second-order valence-corrected chi connectivity index (χ2v) is 7.67. The Morgan fingerprint density at radius 1 is 1.26 bits per heavy atom. The lowest BCUT2D eigenvalue weighted by Crippen LogP contribution is -2.26. The van der Waals surface area contributed by atoms with Gasteiger partial charge in [0.2, 0.25) is 0 Å². The number of allylic oxidation sites excluding steroid dienone is 4. The Labute approximate surface area is 204 Å². The summed E-state index contributed by atoms with van der Waals surface area (Å²) in [7, 11) is 0. The number of benzene rings is 1. The van der Waals surface area contributed by atoms with Crippen LogP contribution in [0, 0.1) is 11.3 Å². The molecule has 1 aliphatic heterocycles. The van der Waals surface area contributed by atoms with Gasteiger partial charge < -0.3 is 26.3 Å². The van der Waals surface area contributed by atoms with Crippen LogP contribution in [-0.2, 0) is 4.74 Å². The van der Waals surface area contributed by atoms with Crippen LogP contribution in [-0.4, -0.2) is 35.7 Å². The molecule has 0 radical (unpaired) electrons. The molecule has 0 bridgehead atoms. The van der Waals surface area contributed by atoms with Crippen LogP contribution in [0.3, 0.4) is 0 Å². The lowest BCUT2D eigenvalue weighted by molar-refractivity contribution is 0.0254. The molecule has 1 fully saturated rings. The fourth-order valence-electron chi connectivity index (χ4n) is 3.29. The zero-order chi connectivity index (χ0) is 25.0. The van der Waals surface area contributed by atoms with Crippen LogP contribution in [0.5, 0.6) is 5.75 Å². The third-order valence-electron chi connectivity index (χ3n) is 5.11. The first-order chi connectivity index (χ1) is 17.0. The highest BCUT2D eigenvalue weighted by molar-refractivity contribution is 5.84. The van der Waals surface area contributed by atoms with Gasteiger partial charge >= 0.3 is 0 Å². The Hall–Kier alpha value is -4.55. The van der Waals surface area contributed by atoms with Crippen LogP contribution < -0.4 is 21.5 Å². The molecule has 0 aliphatic carbocycles. The molecule has 0 atom stereocenters. The second kappa shape index (κ2) is 12.6.